The zero-order valence-corrected chi connectivity index (χ0v) is 17.4. The third-order valence-electron chi connectivity index (χ3n) is 5.27. The minimum Gasteiger partial charge on any atom is -0.495 e. The summed E-state index contributed by atoms with van der Waals surface area (Å²) in [6.07, 6.45) is 1.25. The average molecular weight is 423 g/mol. The second kappa shape index (κ2) is 10.4. The molecule has 2 aromatic rings. The number of ether oxygens (including phenoxy) is 1. The molecule has 9 nitrogen and oxygen atoms in total. The molecule has 0 aliphatic carbocycles. The Morgan fingerprint density at radius 1 is 1.19 bits per heavy atom. The molecule has 162 valence electrons. The maximum Gasteiger partial charge on any atom is 0.271 e. The summed E-state index contributed by atoms with van der Waals surface area (Å²) in [7, 11) is 1.45. The number of amides is 1. The molecular formula is C22H25N5O4. The molecule has 0 aromatic heterocycles. The standard InChI is InChI=1S/C22H25N5O4/c1-31-21-8-7-19(27(29)30)15-20(21)24-22(28)9-12-25-10-2-11-26(14-13-25)18-5-3-17(16-23)4-6-18/h3-8,15H,2,9-14H2,1H3,(H,24,28). The number of nitriles is 1. The van der Waals surface area contributed by atoms with Gasteiger partial charge in [0.05, 0.1) is 29.4 Å². The smallest absolute Gasteiger partial charge is 0.271 e. The number of methoxy groups -OCH3 is 1. The van der Waals surface area contributed by atoms with Gasteiger partial charge < -0.3 is 19.9 Å². The molecule has 1 fully saturated rings. The highest BCUT2D eigenvalue weighted by atomic mass is 16.6. The van der Waals surface area contributed by atoms with E-state index in [0.717, 1.165) is 38.3 Å². The van der Waals surface area contributed by atoms with Gasteiger partial charge in [0.2, 0.25) is 5.91 Å². The van der Waals surface area contributed by atoms with Crippen LogP contribution in [0.5, 0.6) is 5.75 Å². The maximum absolute atomic E-state index is 12.4. The van der Waals surface area contributed by atoms with Crippen LogP contribution in [0.15, 0.2) is 42.5 Å². The number of hydrogen-bond acceptors (Lipinski definition) is 7. The highest BCUT2D eigenvalue weighted by molar-refractivity contribution is 5.92. The highest BCUT2D eigenvalue weighted by Crippen LogP contribution is 2.29. The van der Waals surface area contributed by atoms with Crippen LogP contribution in [0.4, 0.5) is 17.1 Å². The van der Waals surface area contributed by atoms with Gasteiger partial charge in [0, 0.05) is 50.4 Å². The average Bonchev–Trinajstić information content (AvgIpc) is 3.03. The van der Waals surface area contributed by atoms with Crippen LogP contribution in [0.1, 0.15) is 18.4 Å². The first kappa shape index (κ1) is 22.1. The summed E-state index contributed by atoms with van der Waals surface area (Å²) in [5.41, 5.74) is 1.93. The molecule has 9 heteroatoms. The van der Waals surface area contributed by atoms with E-state index in [-0.39, 0.29) is 18.0 Å². The van der Waals surface area contributed by atoms with Crippen molar-refractivity contribution in [2.45, 2.75) is 12.8 Å². The van der Waals surface area contributed by atoms with Gasteiger partial charge in [0.1, 0.15) is 5.75 Å². The lowest BCUT2D eigenvalue weighted by atomic mass is 10.2. The highest BCUT2D eigenvalue weighted by Gasteiger charge is 2.17. The number of nitro groups is 1. The van der Waals surface area contributed by atoms with Gasteiger partial charge in [-0.25, -0.2) is 0 Å². The largest absolute Gasteiger partial charge is 0.495 e. The molecule has 1 saturated heterocycles. The Morgan fingerprint density at radius 2 is 1.97 bits per heavy atom. The molecule has 3 rings (SSSR count). The summed E-state index contributed by atoms with van der Waals surface area (Å²) in [6.45, 7) is 4.07. The first-order valence-electron chi connectivity index (χ1n) is 10.1. The van der Waals surface area contributed by atoms with Gasteiger partial charge in [0.15, 0.2) is 0 Å². The number of carbonyl (C=O) groups excluding carboxylic acids is 1. The molecule has 1 amide bonds. The fraction of sp³-hybridized carbons (Fsp3) is 0.364. The molecule has 31 heavy (non-hydrogen) atoms. The van der Waals surface area contributed by atoms with E-state index >= 15 is 0 Å². The number of nitro benzene ring substituents is 1. The SMILES string of the molecule is COc1ccc([N+](=O)[O-])cc1NC(=O)CCN1CCCN(c2ccc(C#N)cc2)CC1. The number of rotatable bonds is 7. The number of nitrogens with one attached hydrogen (secondary N) is 1. The fourth-order valence-corrected chi connectivity index (χ4v) is 3.58. The molecule has 1 aliphatic rings. The Bertz CT molecular complexity index is 971. The van der Waals surface area contributed by atoms with Gasteiger partial charge in [-0.05, 0) is 43.3 Å². The van der Waals surface area contributed by atoms with Crippen LogP contribution in [0.3, 0.4) is 0 Å². The summed E-state index contributed by atoms with van der Waals surface area (Å²) in [6, 6.07) is 13.8. The minimum atomic E-state index is -0.508. The van der Waals surface area contributed by atoms with Crippen molar-refractivity contribution in [3.63, 3.8) is 0 Å². The third-order valence-corrected chi connectivity index (χ3v) is 5.27. The summed E-state index contributed by atoms with van der Waals surface area (Å²) in [4.78, 5) is 27.5. The Hall–Kier alpha value is -3.64. The summed E-state index contributed by atoms with van der Waals surface area (Å²) in [5.74, 6) is 0.166. The van der Waals surface area contributed by atoms with Gasteiger partial charge in [0.25, 0.3) is 5.69 Å². The van der Waals surface area contributed by atoms with Gasteiger partial charge in [-0.2, -0.15) is 5.26 Å². The van der Waals surface area contributed by atoms with E-state index < -0.39 is 4.92 Å². The van der Waals surface area contributed by atoms with E-state index in [2.05, 4.69) is 21.2 Å². The second-order valence-corrected chi connectivity index (χ2v) is 7.28. The van der Waals surface area contributed by atoms with Gasteiger partial charge in [-0.1, -0.05) is 0 Å². The van der Waals surface area contributed by atoms with E-state index in [1.165, 1.54) is 25.3 Å². The van der Waals surface area contributed by atoms with Gasteiger partial charge in [-0.3, -0.25) is 14.9 Å². The van der Waals surface area contributed by atoms with E-state index in [0.29, 0.717) is 23.5 Å². The number of hydrogen-bond donors (Lipinski definition) is 1. The van der Waals surface area contributed by atoms with Gasteiger partial charge >= 0.3 is 0 Å². The number of benzene rings is 2. The van der Waals surface area contributed by atoms with Gasteiger partial charge in [-0.15, -0.1) is 0 Å². The van der Waals surface area contributed by atoms with Crippen molar-refractivity contribution >= 4 is 23.0 Å². The van der Waals surface area contributed by atoms with Crippen LogP contribution in [0.25, 0.3) is 0 Å². The lowest BCUT2D eigenvalue weighted by molar-refractivity contribution is -0.384. The molecular weight excluding hydrogens is 398 g/mol. The van der Waals surface area contributed by atoms with Crippen molar-refractivity contribution < 1.29 is 14.5 Å². The maximum atomic E-state index is 12.4. The van der Waals surface area contributed by atoms with E-state index in [4.69, 9.17) is 10.00 Å². The molecule has 0 radical (unpaired) electrons. The predicted octanol–water partition coefficient (Wildman–Crippen LogP) is 3.02. The van der Waals surface area contributed by atoms with Crippen molar-refractivity contribution in [1.29, 1.82) is 5.26 Å². The van der Waals surface area contributed by atoms with Crippen LogP contribution >= 0.6 is 0 Å². The van der Waals surface area contributed by atoms with Crippen molar-refractivity contribution in [3.05, 3.63) is 58.1 Å². The zero-order chi connectivity index (χ0) is 22.2. The molecule has 1 N–H and O–H groups in total. The van der Waals surface area contributed by atoms with Crippen LogP contribution in [-0.4, -0.2) is 55.6 Å². The van der Waals surface area contributed by atoms with Crippen LogP contribution in [0.2, 0.25) is 0 Å². The Balaban J connectivity index is 1.52. The fourth-order valence-electron chi connectivity index (χ4n) is 3.58. The molecule has 1 aliphatic heterocycles. The van der Waals surface area contributed by atoms with Crippen molar-refractivity contribution in [2.75, 3.05) is 50.1 Å². The lowest BCUT2D eigenvalue weighted by Crippen LogP contribution is -2.32. The summed E-state index contributed by atoms with van der Waals surface area (Å²) >= 11 is 0. The molecule has 0 spiro atoms. The predicted molar refractivity (Wildman–Crippen MR) is 117 cm³/mol. The van der Waals surface area contributed by atoms with Crippen LogP contribution in [-0.2, 0) is 4.79 Å². The van der Waals surface area contributed by atoms with Crippen molar-refractivity contribution in [2.24, 2.45) is 0 Å². The van der Waals surface area contributed by atoms with Crippen molar-refractivity contribution in [1.82, 2.24) is 4.90 Å². The Kier molecular flexibility index (Phi) is 7.40. The molecule has 0 unspecified atom stereocenters. The lowest BCUT2D eigenvalue weighted by Gasteiger charge is -2.23. The first-order valence-corrected chi connectivity index (χ1v) is 10.1. The number of carbonyl (C=O) groups is 1. The summed E-state index contributed by atoms with van der Waals surface area (Å²) in [5, 5.41) is 22.7. The minimum absolute atomic E-state index is 0.105. The van der Waals surface area contributed by atoms with Crippen LogP contribution in [0, 0.1) is 21.4 Å². The number of nitrogens with zero attached hydrogens (tertiary/aromatic N) is 4. The normalized spacial score (nSPS) is 14.4. The monoisotopic (exact) mass is 423 g/mol. The molecule has 0 saturated carbocycles. The Morgan fingerprint density at radius 3 is 2.65 bits per heavy atom. The number of non-ortho nitro benzene ring substituents is 1. The third kappa shape index (κ3) is 5.93. The van der Waals surface area contributed by atoms with E-state index in [1.807, 2.05) is 24.3 Å². The Labute approximate surface area is 181 Å². The van der Waals surface area contributed by atoms with Crippen LogP contribution < -0.4 is 15.0 Å². The molecule has 1 heterocycles. The van der Waals surface area contributed by atoms with Crippen molar-refractivity contribution in [3.8, 4) is 11.8 Å². The topological polar surface area (TPSA) is 112 Å². The van der Waals surface area contributed by atoms with E-state index in [9.17, 15) is 14.9 Å². The summed E-state index contributed by atoms with van der Waals surface area (Å²) < 4.78 is 5.19. The van der Waals surface area contributed by atoms with E-state index in [1.54, 1.807) is 0 Å². The quantitative estimate of drug-likeness (QED) is 0.538. The number of anilines is 2. The molecule has 0 atom stereocenters. The molecule has 0 bridgehead atoms. The first-order chi connectivity index (χ1) is 15.0. The second-order valence-electron chi connectivity index (χ2n) is 7.28. The molecule has 2 aromatic carbocycles. The zero-order valence-electron chi connectivity index (χ0n) is 17.4.